The molecule has 7 rings (SSSR count). The highest BCUT2D eigenvalue weighted by atomic mass is 16.5. The molecule has 210 valence electrons. The first-order valence-corrected chi connectivity index (χ1v) is 14.9. The van der Waals surface area contributed by atoms with Crippen molar-refractivity contribution < 1.29 is 19.1 Å². The number of carbonyl (C=O) groups is 2. The van der Waals surface area contributed by atoms with Crippen LogP contribution in [0.5, 0.6) is 5.75 Å². The molecule has 0 spiro atoms. The summed E-state index contributed by atoms with van der Waals surface area (Å²) < 4.78 is 11.7. The molecule has 1 N–H and O–H groups in total. The zero-order valence-corrected chi connectivity index (χ0v) is 22.9. The molecule has 4 heterocycles. The Morgan fingerprint density at radius 3 is 2.30 bits per heavy atom. The second-order valence-electron chi connectivity index (χ2n) is 12.1. The summed E-state index contributed by atoms with van der Waals surface area (Å²) in [5.74, 6) is 2.86. The van der Waals surface area contributed by atoms with Gasteiger partial charge in [0.15, 0.2) is 0 Å². The number of nitrogens with zero attached hydrogens (tertiary/aromatic N) is 4. The lowest BCUT2D eigenvalue weighted by Crippen LogP contribution is -2.34. The van der Waals surface area contributed by atoms with Gasteiger partial charge < -0.3 is 19.3 Å². The van der Waals surface area contributed by atoms with Crippen molar-refractivity contribution in [3.8, 4) is 5.75 Å². The molecule has 2 amide bonds. The summed E-state index contributed by atoms with van der Waals surface area (Å²) in [5.41, 5.74) is 4.10. The summed E-state index contributed by atoms with van der Waals surface area (Å²) in [6.07, 6.45) is 6.27. The predicted molar refractivity (Wildman–Crippen MR) is 149 cm³/mol. The van der Waals surface area contributed by atoms with Crippen molar-refractivity contribution in [1.82, 2.24) is 25.2 Å². The lowest BCUT2D eigenvalue weighted by atomic mass is 9.92. The predicted octanol–water partition coefficient (Wildman–Crippen LogP) is 4.27. The van der Waals surface area contributed by atoms with Gasteiger partial charge in [0.2, 0.25) is 0 Å². The number of benzene rings is 2. The van der Waals surface area contributed by atoms with Crippen molar-refractivity contribution in [3.05, 3.63) is 53.1 Å². The molecule has 3 aromatic rings. The maximum atomic E-state index is 13.7. The molecule has 0 unspecified atom stereocenters. The van der Waals surface area contributed by atoms with Crippen molar-refractivity contribution >= 4 is 22.8 Å². The average Bonchev–Trinajstić information content (AvgIpc) is 3.66. The normalized spacial score (nSPS) is 23.7. The van der Waals surface area contributed by atoms with Gasteiger partial charge >= 0.3 is 0 Å². The third kappa shape index (κ3) is 5.31. The Labute approximate surface area is 234 Å². The lowest BCUT2D eigenvalue weighted by Gasteiger charge is -2.24. The standard InChI is InChI=1S/C31H37N5O4/c37-30(22-3-4-28-29(16-22)33-34-32-28)36-17-23-5-9-35(10-6-24(23)18-36)31(38)26-13-25(21-1-2-21)14-27(15-26)40-19-20-7-11-39-12-8-20/h3-4,13-16,20-21,23-24H,1-2,5-12,17-19H2,(H,32,33,34)/t23-,24+. The maximum absolute atomic E-state index is 13.7. The van der Waals surface area contributed by atoms with Gasteiger partial charge in [-0.25, -0.2) is 0 Å². The Morgan fingerprint density at radius 2 is 1.55 bits per heavy atom. The van der Waals surface area contributed by atoms with Gasteiger partial charge in [0.1, 0.15) is 16.8 Å². The molecule has 4 aliphatic rings. The van der Waals surface area contributed by atoms with Crippen LogP contribution in [0.4, 0.5) is 0 Å². The van der Waals surface area contributed by atoms with E-state index in [0.29, 0.717) is 41.4 Å². The molecule has 40 heavy (non-hydrogen) atoms. The first kappa shape index (κ1) is 25.5. The average molecular weight is 544 g/mol. The molecule has 1 aliphatic carbocycles. The van der Waals surface area contributed by atoms with Crippen LogP contribution < -0.4 is 4.74 Å². The summed E-state index contributed by atoms with van der Waals surface area (Å²) in [4.78, 5) is 31.0. The van der Waals surface area contributed by atoms with Crippen LogP contribution in [0.1, 0.15) is 70.7 Å². The van der Waals surface area contributed by atoms with Crippen molar-refractivity contribution in [1.29, 1.82) is 0 Å². The number of amides is 2. The molecule has 9 nitrogen and oxygen atoms in total. The number of hydrogen-bond acceptors (Lipinski definition) is 6. The summed E-state index contributed by atoms with van der Waals surface area (Å²) in [6, 6.07) is 11.7. The number of rotatable bonds is 6. The number of carbonyl (C=O) groups excluding carboxylic acids is 2. The topological polar surface area (TPSA) is 101 Å². The van der Waals surface area contributed by atoms with E-state index in [9.17, 15) is 9.59 Å². The molecular weight excluding hydrogens is 506 g/mol. The number of nitrogens with one attached hydrogen (secondary N) is 1. The van der Waals surface area contributed by atoms with Gasteiger partial charge in [0.25, 0.3) is 11.8 Å². The highest BCUT2D eigenvalue weighted by molar-refractivity contribution is 5.97. The molecule has 0 bridgehead atoms. The van der Waals surface area contributed by atoms with Gasteiger partial charge in [-0.2, -0.15) is 15.4 Å². The number of aromatic nitrogens is 3. The summed E-state index contributed by atoms with van der Waals surface area (Å²) in [6.45, 7) is 5.22. The fourth-order valence-electron chi connectivity index (χ4n) is 6.66. The molecule has 1 saturated carbocycles. The third-order valence-electron chi connectivity index (χ3n) is 9.30. The van der Waals surface area contributed by atoms with E-state index in [4.69, 9.17) is 9.47 Å². The van der Waals surface area contributed by atoms with Crippen molar-refractivity contribution in [3.63, 3.8) is 0 Å². The van der Waals surface area contributed by atoms with Crippen LogP contribution in [0.25, 0.3) is 11.0 Å². The van der Waals surface area contributed by atoms with E-state index in [1.54, 1.807) is 0 Å². The molecule has 2 aromatic carbocycles. The largest absolute Gasteiger partial charge is 0.493 e. The van der Waals surface area contributed by atoms with E-state index in [2.05, 4.69) is 27.5 Å². The maximum Gasteiger partial charge on any atom is 0.253 e. The van der Waals surface area contributed by atoms with Gasteiger partial charge in [0.05, 0.1) is 6.61 Å². The monoisotopic (exact) mass is 543 g/mol. The lowest BCUT2D eigenvalue weighted by molar-refractivity contribution is 0.0497. The fourth-order valence-corrected chi connectivity index (χ4v) is 6.66. The van der Waals surface area contributed by atoms with E-state index in [0.717, 1.165) is 81.9 Å². The molecule has 4 fully saturated rings. The number of aromatic amines is 1. The number of H-pyrrole nitrogens is 1. The Morgan fingerprint density at radius 1 is 0.825 bits per heavy atom. The second kappa shape index (κ2) is 10.8. The molecule has 2 atom stereocenters. The minimum absolute atomic E-state index is 0.0519. The fraction of sp³-hybridized carbons (Fsp3) is 0.548. The van der Waals surface area contributed by atoms with Gasteiger partial charge in [-0.3, -0.25) is 9.59 Å². The Kier molecular flexibility index (Phi) is 6.91. The van der Waals surface area contributed by atoms with Crippen LogP contribution in [-0.2, 0) is 4.74 Å². The molecule has 9 heteroatoms. The minimum atomic E-state index is 0.0519. The number of fused-ring (bicyclic) bond motifs is 2. The molecule has 1 aromatic heterocycles. The van der Waals surface area contributed by atoms with Crippen LogP contribution in [0.3, 0.4) is 0 Å². The van der Waals surface area contributed by atoms with Crippen LogP contribution in [0, 0.1) is 17.8 Å². The Balaban J connectivity index is 0.994. The minimum Gasteiger partial charge on any atom is -0.493 e. The Hall–Kier alpha value is -3.46. The van der Waals surface area contributed by atoms with E-state index in [1.807, 2.05) is 34.1 Å². The van der Waals surface area contributed by atoms with Crippen LogP contribution >= 0.6 is 0 Å². The third-order valence-corrected chi connectivity index (χ3v) is 9.30. The molecule has 3 saturated heterocycles. The summed E-state index contributed by atoms with van der Waals surface area (Å²) in [5, 5.41) is 10.8. The molecular formula is C31H37N5O4. The van der Waals surface area contributed by atoms with E-state index < -0.39 is 0 Å². The van der Waals surface area contributed by atoms with Crippen molar-refractivity contribution in [2.24, 2.45) is 17.8 Å². The highest BCUT2D eigenvalue weighted by Crippen LogP contribution is 2.42. The smallest absolute Gasteiger partial charge is 0.253 e. The van der Waals surface area contributed by atoms with E-state index in [-0.39, 0.29) is 11.8 Å². The number of ether oxygens (including phenoxy) is 2. The summed E-state index contributed by atoms with van der Waals surface area (Å²) >= 11 is 0. The molecule has 0 radical (unpaired) electrons. The van der Waals surface area contributed by atoms with Gasteiger partial charge in [-0.1, -0.05) is 0 Å². The van der Waals surface area contributed by atoms with Gasteiger partial charge in [-0.15, -0.1) is 0 Å². The SMILES string of the molecule is O=C(c1cc(OCC2CCOCC2)cc(C2CC2)c1)N1CC[C@@H]2CN(C(=O)c3ccc4n[nH]nc4c3)C[C@@H]2CC1. The Bertz CT molecular complexity index is 1380. The van der Waals surface area contributed by atoms with E-state index >= 15 is 0 Å². The zero-order chi connectivity index (χ0) is 27.1. The second-order valence-corrected chi connectivity index (χ2v) is 12.1. The van der Waals surface area contributed by atoms with Crippen molar-refractivity contribution in [2.75, 3.05) is 46.0 Å². The van der Waals surface area contributed by atoms with Crippen molar-refractivity contribution in [2.45, 2.75) is 44.4 Å². The molecule has 3 aliphatic heterocycles. The van der Waals surface area contributed by atoms with Crippen LogP contribution in [-0.4, -0.2) is 83.0 Å². The highest BCUT2D eigenvalue weighted by Gasteiger charge is 2.38. The first-order chi connectivity index (χ1) is 19.6. The van der Waals surface area contributed by atoms with Crippen LogP contribution in [0.2, 0.25) is 0 Å². The van der Waals surface area contributed by atoms with Gasteiger partial charge in [-0.05, 0) is 104 Å². The zero-order valence-electron chi connectivity index (χ0n) is 22.9. The van der Waals surface area contributed by atoms with Gasteiger partial charge in [0, 0.05) is 50.5 Å². The van der Waals surface area contributed by atoms with Crippen LogP contribution in [0.15, 0.2) is 36.4 Å². The summed E-state index contributed by atoms with van der Waals surface area (Å²) in [7, 11) is 0. The number of hydrogen-bond donors (Lipinski definition) is 1. The first-order valence-electron chi connectivity index (χ1n) is 14.9. The quantitative estimate of drug-likeness (QED) is 0.499. The van der Waals surface area contributed by atoms with E-state index in [1.165, 1.54) is 18.4 Å². The number of likely N-dealkylation sites (tertiary alicyclic amines) is 2.